The van der Waals surface area contributed by atoms with E-state index in [-0.39, 0.29) is 11.7 Å². The van der Waals surface area contributed by atoms with Crippen molar-refractivity contribution in [1.82, 2.24) is 19.9 Å². The number of hydrogen-bond acceptors (Lipinski definition) is 7. The number of nitrogens with one attached hydrogen (secondary N) is 1. The highest BCUT2D eigenvalue weighted by Gasteiger charge is 2.23. The highest BCUT2D eigenvalue weighted by molar-refractivity contribution is 6.02. The predicted molar refractivity (Wildman–Crippen MR) is 97.5 cm³/mol. The molecule has 0 radical (unpaired) electrons. The van der Waals surface area contributed by atoms with Crippen molar-refractivity contribution >= 4 is 35.1 Å². The fourth-order valence-corrected chi connectivity index (χ4v) is 2.81. The third kappa shape index (κ3) is 3.82. The van der Waals surface area contributed by atoms with E-state index in [1.165, 1.54) is 6.08 Å². The Balaban J connectivity index is 1.81. The predicted octanol–water partition coefficient (Wildman–Crippen LogP) is 0.629. The fourth-order valence-electron chi connectivity index (χ4n) is 2.81. The second-order valence-electron chi connectivity index (χ2n) is 5.88. The molecule has 10 heteroatoms. The van der Waals surface area contributed by atoms with Crippen molar-refractivity contribution in [3.05, 3.63) is 23.5 Å². The van der Waals surface area contributed by atoms with Crippen molar-refractivity contribution in [3.63, 3.8) is 0 Å². The summed E-state index contributed by atoms with van der Waals surface area (Å²) >= 11 is 0. The molecule has 1 saturated heterocycles. The molecule has 0 saturated carbocycles. The molecule has 1 aliphatic heterocycles. The van der Waals surface area contributed by atoms with Gasteiger partial charge in [-0.3, -0.25) is 4.79 Å². The van der Waals surface area contributed by atoms with E-state index in [1.807, 2.05) is 4.90 Å². The number of nitriles is 1. The highest BCUT2D eigenvalue weighted by atomic mass is 16.6. The number of aromatic nitrogens is 3. The average molecular weight is 369 g/mol. The van der Waals surface area contributed by atoms with Gasteiger partial charge in [-0.1, -0.05) is 0 Å². The molecule has 0 atom stereocenters. The lowest BCUT2D eigenvalue weighted by Gasteiger charge is -2.34. The van der Waals surface area contributed by atoms with E-state index < -0.39 is 5.91 Å². The Kier molecular flexibility index (Phi) is 5.21. The topological polar surface area (TPSA) is 141 Å². The van der Waals surface area contributed by atoms with Crippen molar-refractivity contribution in [1.29, 1.82) is 5.26 Å². The Bertz CT molecular complexity index is 936. The van der Waals surface area contributed by atoms with E-state index in [2.05, 4.69) is 15.0 Å². The molecule has 3 N–H and O–H groups in total. The van der Waals surface area contributed by atoms with Crippen molar-refractivity contribution in [3.8, 4) is 6.07 Å². The van der Waals surface area contributed by atoms with Gasteiger partial charge in [-0.25, -0.2) is 14.8 Å². The van der Waals surface area contributed by atoms with Gasteiger partial charge < -0.3 is 25.3 Å². The number of carbonyl (C=O) groups is 2. The summed E-state index contributed by atoms with van der Waals surface area (Å²) in [5, 5.41) is 9.02. The van der Waals surface area contributed by atoms with E-state index in [4.69, 9.17) is 15.7 Å². The number of H-pyrrole nitrogens is 1. The number of ether oxygens (including phenoxy) is 1. The summed E-state index contributed by atoms with van der Waals surface area (Å²) in [7, 11) is 0. The van der Waals surface area contributed by atoms with Crippen LogP contribution in [0.2, 0.25) is 0 Å². The first-order chi connectivity index (χ1) is 13.0. The SMILES string of the molecule is CCOC(=O)N1CCN(c2cnc3[nH]cc(/C=C(\C#N)C(N)=O)c3n2)CC1. The molecule has 3 rings (SSSR count). The van der Waals surface area contributed by atoms with E-state index in [9.17, 15) is 9.59 Å². The Morgan fingerprint density at radius 2 is 2.15 bits per heavy atom. The van der Waals surface area contributed by atoms with Gasteiger partial charge in [-0.15, -0.1) is 0 Å². The molecular weight excluding hydrogens is 350 g/mol. The number of aromatic amines is 1. The summed E-state index contributed by atoms with van der Waals surface area (Å²) in [5.74, 6) is -0.149. The van der Waals surface area contributed by atoms with Crippen LogP contribution in [0.15, 0.2) is 18.0 Å². The van der Waals surface area contributed by atoms with Gasteiger partial charge in [-0.2, -0.15) is 5.26 Å². The number of amides is 2. The van der Waals surface area contributed by atoms with Crippen LogP contribution >= 0.6 is 0 Å². The number of primary amides is 1. The second kappa shape index (κ2) is 7.74. The summed E-state index contributed by atoms with van der Waals surface area (Å²) in [6.45, 7) is 4.37. The minimum absolute atomic E-state index is 0.161. The fraction of sp³-hybridized carbons (Fsp3) is 0.353. The summed E-state index contributed by atoms with van der Waals surface area (Å²) in [5.41, 5.74) is 6.66. The molecule has 0 unspecified atom stereocenters. The Labute approximate surface area is 155 Å². The van der Waals surface area contributed by atoms with Crippen molar-refractivity contribution in [2.24, 2.45) is 5.73 Å². The summed E-state index contributed by atoms with van der Waals surface area (Å²) < 4.78 is 5.02. The number of nitrogens with zero attached hydrogens (tertiary/aromatic N) is 5. The summed E-state index contributed by atoms with van der Waals surface area (Å²) in [4.78, 5) is 38.6. The molecule has 2 amide bonds. The summed E-state index contributed by atoms with van der Waals surface area (Å²) in [6.07, 6.45) is 4.34. The van der Waals surface area contributed by atoms with Gasteiger partial charge in [0.05, 0.1) is 12.8 Å². The minimum Gasteiger partial charge on any atom is -0.450 e. The lowest BCUT2D eigenvalue weighted by atomic mass is 10.2. The van der Waals surface area contributed by atoms with E-state index in [0.717, 1.165) is 0 Å². The van der Waals surface area contributed by atoms with Crippen LogP contribution in [0.5, 0.6) is 0 Å². The molecule has 0 bridgehead atoms. The van der Waals surface area contributed by atoms with E-state index >= 15 is 0 Å². The molecule has 10 nitrogen and oxygen atoms in total. The second-order valence-corrected chi connectivity index (χ2v) is 5.88. The largest absolute Gasteiger partial charge is 0.450 e. The molecule has 2 aromatic rings. The first kappa shape index (κ1) is 18.2. The number of carbonyl (C=O) groups excluding carboxylic acids is 2. The normalized spacial score (nSPS) is 14.9. The third-order valence-electron chi connectivity index (χ3n) is 4.21. The first-order valence-corrected chi connectivity index (χ1v) is 8.45. The van der Waals surface area contributed by atoms with E-state index in [0.29, 0.717) is 55.3 Å². The molecule has 2 aromatic heterocycles. The zero-order valence-electron chi connectivity index (χ0n) is 14.8. The van der Waals surface area contributed by atoms with Crippen LogP contribution in [0.25, 0.3) is 17.2 Å². The molecule has 27 heavy (non-hydrogen) atoms. The standard InChI is InChI=1S/C17H19N7O3/c1-2-27-17(26)24-5-3-23(4-6-24)13-10-21-16-14(22-13)12(9-20-16)7-11(8-18)15(19)25/h7,9-10H,2-6H2,1H3,(H2,19,25)(H,20,21)/b11-7+. The monoisotopic (exact) mass is 369 g/mol. The Morgan fingerprint density at radius 3 is 2.78 bits per heavy atom. The molecule has 140 valence electrons. The Hall–Kier alpha value is -3.61. The molecule has 0 aromatic carbocycles. The van der Waals surface area contributed by atoms with Gasteiger partial charge in [0.2, 0.25) is 0 Å². The molecule has 0 spiro atoms. The van der Waals surface area contributed by atoms with Crippen LogP contribution in [0.3, 0.4) is 0 Å². The molecular formula is C17H19N7O3. The van der Waals surface area contributed by atoms with Crippen LogP contribution in [-0.4, -0.2) is 64.6 Å². The van der Waals surface area contributed by atoms with Gasteiger partial charge >= 0.3 is 6.09 Å². The number of rotatable bonds is 4. The maximum Gasteiger partial charge on any atom is 0.409 e. The van der Waals surface area contributed by atoms with Gasteiger partial charge in [0.25, 0.3) is 5.91 Å². The third-order valence-corrected chi connectivity index (χ3v) is 4.21. The quantitative estimate of drug-likeness (QED) is 0.594. The van der Waals surface area contributed by atoms with Gasteiger partial charge in [-0.05, 0) is 13.0 Å². The van der Waals surface area contributed by atoms with Gasteiger partial charge in [0, 0.05) is 37.9 Å². The number of nitrogens with two attached hydrogens (primary N) is 1. The zero-order valence-corrected chi connectivity index (χ0v) is 14.8. The number of anilines is 1. The molecule has 0 aliphatic carbocycles. The van der Waals surface area contributed by atoms with Gasteiger partial charge in [0.15, 0.2) is 5.65 Å². The van der Waals surface area contributed by atoms with Crippen molar-refractivity contribution in [2.75, 3.05) is 37.7 Å². The number of fused-ring (bicyclic) bond motifs is 1. The molecule has 1 fully saturated rings. The molecule has 3 heterocycles. The van der Waals surface area contributed by atoms with Crippen molar-refractivity contribution < 1.29 is 14.3 Å². The lowest BCUT2D eigenvalue weighted by Crippen LogP contribution is -2.49. The smallest absolute Gasteiger partial charge is 0.409 e. The van der Waals surface area contributed by atoms with Gasteiger partial charge in [0.1, 0.15) is 23.0 Å². The minimum atomic E-state index is -0.800. The number of piperazine rings is 1. The average Bonchev–Trinajstić information content (AvgIpc) is 3.08. The maximum absolute atomic E-state index is 11.8. The Morgan fingerprint density at radius 1 is 1.41 bits per heavy atom. The van der Waals surface area contributed by atoms with Crippen LogP contribution in [0, 0.1) is 11.3 Å². The first-order valence-electron chi connectivity index (χ1n) is 8.45. The van der Waals surface area contributed by atoms with Crippen LogP contribution in [0.4, 0.5) is 10.6 Å². The lowest BCUT2D eigenvalue weighted by molar-refractivity contribution is -0.114. The van der Waals surface area contributed by atoms with Crippen LogP contribution < -0.4 is 10.6 Å². The number of hydrogen-bond donors (Lipinski definition) is 2. The van der Waals surface area contributed by atoms with E-state index in [1.54, 1.807) is 30.3 Å². The summed E-state index contributed by atoms with van der Waals surface area (Å²) in [6, 6.07) is 1.77. The highest BCUT2D eigenvalue weighted by Crippen LogP contribution is 2.21. The van der Waals surface area contributed by atoms with Crippen molar-refractivity contribution in [2.45, 2.75) is 6.92 Å². The maximum atomic E-state index is 11.8. The zero-order chi connectivity index (χ0) is 19.4. The van der Waals surface area contributed by atoms with Crippen LogP contribution in [-0.2, 0) is 9.53 Å². The molecule has 1 aliphatic rings. The van der Waals surface area contributed by atoms with Crippen LogP contribution in [0.1, 0.15) is 12.5 Å².